The van der Waals surface area contributed by atoms with Gasteiger partial charge >= 0.3 is 0 Å². The number of hydrogen-bond acceptors (Lipinski definition) is 3. The van der Waals surface area contributed by atoms with E-state index < -0.39 is 15.8 Å². The minimum atomic E-state index is -3.63. The van der Waals surface area contributed by atoms with Gasteiger partial charge in [-0.15, -0.1) is 0 Å². The van der Waals surface area contributed by atoms with Crippen LogP contribution in [0.4, 0.5) is 4.39 Å². The molecule has 1 atom stereocenters. The summed E-state index contributed by atoms with van der Waals surface area (Å²) in [5.41, 5.74) is 5.38. The Morgan fingerprint density at radius 2 is 2.15 bits per heavy atom. The SMILES string of the molecule is CC1CCCCN1S(=O)(=O)c1ccc(F)c(C(N)=S)c1. The summed E-state index contributed by atoms with van der Waals surface area (Å²) >= 11 is 4.74. The van der Waals surface area contributed by atoms with Crippen LogP contribution in [0.15, 0.2) is 23.1 Å². The summed E-state index contributed by atoms with van der Waals surface area (Å²) in [6, 6.07) is 3.52. The molecule has 20 heavy (non-hydrogen) atoms. The molecule has 4 nitrogen and oxygen atoms in total. The van der Waals surface area contributed by atoms with Gasteiger partial charge < -0.3 is 5.73 Å². The Bertz CT molecular complexity index is 631. The standard InChI is InChI=1S/C13H17FN2O2S2/c1-9-4-2-3-7-16(9)20(17,18)10-5-6-12(14)11(8-10)13(15)19/h5-6,8-9H,2-4,7H2,1H3,(H2,15,19). The minimum absolute atomic E-state index is 0.0364. The van der Waals surface area contributed by atoms with Crippen LogP contribution >= 0.6 is 12.2 Å². The van der Waals surface area contributed by atoms with E-state index in [0.29, 0.717) is 6.54 Å². The second kappa shape index (κ2) is 5.75. The normalized spacial score (nSPS) is 20.8. The molecule has 0 spiro atoms. The Morgan fingerprint density at radius 3 is 2.75 bits per heavy atom. The zero-order chi connectivity index (χ0) is 14.9. The summed E-state index contributed by atoms with van der Waals surface area (Å²) in [5, 5.41) is 0. The number of hydrogen-bond donors (Lipinski definition) is 1. The first-order chi connectivity index (χ1) is 9.34. The Morgan fingerprint density at radius 1 is 1.45 bits per heavy atom. The maximum Gasteiger partial charge on any atom is 0.243 e. The van der Waals surface area contributed by atoms with Gasteiger partial charge in [-0.2, -0.15) is 4.31 Å². The van der Waals surface area contributed by atoms with E-state index in [1.807, 2.05) is 6.92 Å². The number of nitrogens with two attached hydrogens (primary N) is 1. The third kappa shape index (κ3) is 2.84. The molecule has 1 heterocycles. The van der Waals surface area contributed by atoms with E-state index in [0.717, 1.165) is 25.3 Å². The Labute approximate surface area is 123 Å². The molecule has 0 bridgehead atoms. The van der Waals surface area contributed by atoms with Crippen molar-refractivity contribution in [2.45, 2.75) is 37.1 Å². The lowest BCUT2D eigenvalue weighted by Gasteiger charge is -2.32. The molecule has 1 aromatic carbocycles. The smallest absolute Gasteiger partial charge is 0.243 e. The van der Waals surface area contributed by atoms with Crippen LogP contribution in [0.3, 0.4) is 0 Å². The van der Waals surface area contributed by atoms with Crippen molar-refractivity contribution in [3.63, 3.8) is 0 Å². The summed E-state index contributed by atoms with van der Waals surface area (Å²) in [5.74, 6) is -0.608. The fourth-order valence-electron chi connectivity index (χ4n) is 2.42. The lowest BCUT2D eigenvalue weighted by Crippen LogP contribution is -2.42. The van der Waals surface area contributed by atoms with Crippen molar-refractivity contribution in [2.75, 3.05) is 6.54 Å². The first kappa shape index (κ1) is 15.3. The molecule has 1 aliphatic rings. The lowest BCUT2D eigenvalue weighted by molar-refractivity contribution is 0.268. The van der Waals surface area contributed by atoms with Crippen LogP contribution in [0, 0.1) is 5.82 Å². The number of halogens is 1. The van der Waals surface area contributed by atoms with E-state index in [9.17, 15) is 12.8 Å². The number of sulfonamides is 1. The molecule has 2 rings (SSSR count). The van der Waals surface area contributed by atoms with Crippen molar-refractivity contribution in [1.82, 2.24) is 4.31 Å². The third-order valence-corrected chi connectivity index (χ3v) is 5.78. The number of piperidine rings is 1. The Kier molecular flexibility index (Phi) is 4.41. The largest absolute Gasteiger partial charge is 0.389 e. The van der Waals surface area contributed by atoms with Gasteiger partial charge in [0.2, 0.25) is 10.0 Å². The fourth-order valence-corrected chi connectivity index (χ4v) is 4.30. The highest BCUT2D eigenvalue weighted by Crippen LogP contribution is 2.26. The van der Waals surface area contributed by atoms with Crippen LogP contribution in [-0.2, 0) is 10.0 Å². The van der Waals surface area contributed by atoms with Gasteiger partial charge in [-0.25, -0.2) is 12.8 Å². The Balaban J connectivity index is 2.44. The highest BCUT2D eigenvalue weighted by Gasteiger charge is 2.31. The van der Waals surface area contributed by atoms with Crippen molar-refractivity contribution in [1.29, 1.82) is 0 Å². The van der Waals surface area contributed by atoms with E-state index in [2.05, 4.69) is 0 Å². The van der Waals surface area contributed by atoms with Gasteiger partial charge in [0.1, 0.15) is 10.8 Å². The average Bonchev–Trinajstić information content (AvgIpc) is 2.38. The molecule has 1 saturated heterocycles. The van der Waals surface area contributed by atoms with Crippen LogP contribution in [0.5, 0.6) is 0 Å². The topological polar surface area (TPSA) is 63.4 Å². The molecule has 0 saturated carbocycles. The predicted molar refractivity (Wildman–Crippen MR) is 79.5 cm³/mol. The molecule has 0 amide bonds. The van der Waals surface area contributed by atoms with Gasteiger partial charge in [0, 0.05) is 18.2 Å². The quantitative estimate of drug-likeness (QED) is 0.867. The number of thiocarbonyl (C=S) groups is 1. The molecule has 7 heteroatoms. The molecule has 1 fully saturated rings. The summed E-state index contributed by atoms with van der Waals surface area (Å²) in [4.78, 5) is -0.110. The van der Waals surface area contributed by atoms with E-state index in [4.69, 9.17) is 18.0 Å². The second-order valence-corrected chi connectivity index (χ2v) is 7.30. The maximum absolute atomic E-state index is 13.6. The lowest BCUT2D eigenvalue weighted by atomic mass is 10.1. The summed E-state index contributed by atoms with van der Waals surface area (Å²) < 4.78 is 40.2. The minimum Gasteiger partial charge on any atom is -0.389 e. The van der Waals surface area contributed by atoms with Crippen LogP contribution in [0.25, 0.3) is 0 Å². The van der Waals surface area contributed by atoms with E-state index in [1.165, 1.54) is 16.4 Å². The highest BCUT2D eigenvalue weighted by atomic mass is 32.2. The van der Waals surface area contributed by atoms with Crippen LogP contribution < -0.4 is 5.73 Å². The van der Waals surface area contributed by atoms with Crippen molar-refractivity contribution in [2.24, 2.45) is 5.73 Å². The van der Waals surface area contributed by atoms with E-state index in [-0.39, 0.29) is 21.5 Å². The average molecular weight is 316 g/mol. The molecular weight excluding hydrogens is 299 g/mol. The van der Waals surface area contributed by atoms with Gasteiger partial charge in [0.15, 0.2) is 0 Å². The van der Waals surface area contributed by atoms with Gasteiger partial charge in [0.05, 0.1) is 4.90 Å². The molecule has 0 radical (unpaired) electrons. The van der Waals surface area contributed by atoms with Gasteiger partial charge in [-0.1, -0.05) is 18.6 Å². The Hall–Kier alpha value is -1.05. The summed E-state index contributed by atoms with van der Waals surface area (Å²) in [6.07, 6.45) is 2.70. The first-order valence-corrected chi connectivity index (χ1v) is 8.30. The number of nitrogens with zero attached hydrogens (tertiary/aromatic N) is 1. The van der Waals surface area contributed by atoms with Crippen molar-refractivity contribution >= 4 is 27.2 Å². The zero-order valence-electron chi connectivity index (χ0n) is 11.2. The summed E-state index contributed by atoms with van der Waals surface area (Å²) in [6.45, 7) is 2.37. The van der Waals surface area contributed by atoms with Gasteiger partial charge in [-0.3, -0.25) is 0 Å². The second-order valence-electron chi connectivity index (χ2n) is 4.97. The monoisotopic (exact) mass is 316 g/mol. The molecule has 1 unspecified atom stereocenters. The molecular formula is C13H17FN2O2S2. The molecule has 1 aliphatic heterocycles. The fraction of sp³-hybridized carbons (Fsp3) is 0.462. The van der Waals surface area contributed by atoms with Crippen LogP contribution in [0.2, 0.25) is 0 Å². The number of rotatable bonds is 3. The van der Waals surface area contributed by atoms with Crippen molar-refractivity contribution in [3.05, 3.63) is 29.6 Å². The van der Waals surface area contributed by atoms with E-state index in [1.54, 1.807) is 0 Å². The molecule has 1 aromatic rings. The highest BCUT2D eigenvalue weighted by molar-refractivity contribution is 7.89. The molecule has 0 aromatic heterocycles. The molecule has 0 aliphatic carbocycles. The van der Waals surface area contributed by atoms with Crippen molar-refractivity contribution < 1.29 is 12.8 Å². The third-order valence-electron chi connectivity index (χ3n) is 3.55. The first-order valence-electron chi connectivity index (χ1n) is 6.45. The van der Waals surface area contributed by atoms with Crippen LogP contribution in [-0.4, -0.2) is 30.3 Å². The summed E-state index contributed by atoms with van der Waals surface area (Å²) in [7, 11) is -3.63. The molecule has 2 N–H and O–H groups in total. The van der Waals surface area contributed by atoms with Gasteiger partial charge in [0.25, 0.3) is 0 Å². The van der Waals surface area contributed by atoms with Crippen LogP contribution in [0.1, 0.15) is 31.7 Å². The predicted octanol–water partition coefficient (Wildman–Crippen LogP) is 2.02. The van der Waals surface area contributed by atoms with Gasteiger partial charge in [-0.05, 0) is 38.0 Å². The molecule has 110 valence electrons. The van der Waals surface area contributed by atoms with Crippen molar-refractivity contribution in [3.8, 4) is 0 Å². The number of benzene rings is 1. The van der Waals surface area contributed by atoms with E-state index >= 15 is 0 Å². The zero-order valence-corrected chi connectivity index (χ0v) is 12.8. The maximum atomic E-state index is 13.6.